The van der Waals surface area contributed by atoms with Crippen LogP contribution in [0.25, 0.3) is 0 Å². The number of aryl methyl sites for hydroxylation is 1. The number of thiophene rings is 1. The summed E-state index contributed by atoms with van der Waals surface area (Å²) < 4.78 is 0. The molecule has 2 N–H and O–H groups in total. The van der Waals surface area contributed by atoms with Gasteiger partial charge in [-0.05, 0) is 56.4 Å². The zero-order valence-corrected chi connectivity index (χ0v) is 19.3. The molecule has 154 valence electrons. The summed E-state index contributed by atoms with van der Waals surface area (Å²) in [6.45, 7) is 2.07. The first-order valence-electron chi connectivity index (χ1n) is 10.1. The van der Waals surface area contributed by atoms with E-state index < -0.39 is 0 Å². The van der Waals surface area contributed by atoms with Crippen LogP contribution in [0.2, 0.25) is 0 Å². The number of amidine groups is 1. The summed E-state index contributed by atoms with van der Waals surface area (Å²) in [7, 11) is 0. The minimum absolute atomic E-state index is 0.0157. The molecule has 4 rings (SSSR count). The molecule has 2 atom stereocenters. The predicted molar refractivity (Wildman–Crippen MR) is 128 cm³/mol. The third-order valence-corrected chi connectivity index (χ3v) is 8.17. The van der Waals surface area contributed by atoms with Crippen LogP contribution < -0.4 is 10.6 Å². The number of carbonyl (C=O) groups excluding carboxylic acids is 1. The molecule has 1 aromatic heterocycles. The molecule has 7 heteroatoms. The summed E-state index contributed by atoms with van der Waals surface area (Å²) in [6.07, 6.45) is 7.75. The van der Waals surface area contributed by atoms with E-state index >= 15 is 0 Å². The van der Waals surface area contributed by atoms with Crippen molar-refractivity contribution in [2.75, 3.05) is 17.3 Å². The molecule has 0 fully saturated rings. The van der Waals surface area contributed by atoms with Crippen LogP contribution >= 0.6 is 34.9 Å². The van der Waals surface area contributed by atoms with E-state index in [1.807, 2.05) is 35.8 Å². The van der Waals surface area contributed by atoms with Crippen molar-refractivity contribution in [1.82, 2.24) is 5.32 Å². The van der Waals surface area contributed by atoms with Gasteiger partial charge in [0.05, 0.1) is 5.75 Å². The SMILES string of the molecule is CSC1=N[C@H](SCC(=O)N[C@@H](C)Cc2ccccc2)c2c(sc3c2CCCC3)N1. The van der Waals surface area contributed by atoms with Gasteiger partial charge in [-0.2, -0.15) is 0 Å². The van der Waals surface area contributed by atoms with E-state index in [9.17, 15) is 4.79 Å². The highest BCUT2D eigenvalue weighted by molar-refractivity contribution is 8.13. The number of nitrogens with one attached hydrogen (secondary N) is 2. The molecule has 1 aliphatic heterocycles. The van der Waals surface area contributed by atoms with Gasteiger partial charge in [-0.3, -0.25) is 4.79 Å². The lowest BCUT2D eigenvalue weighted by Crippen LogP contribution is -2.35. The Bertz CT molecular complexity index is 894. The maximum atomic E-state index is 12.6. The van der Waals surface area contributed by atoms with Crippen molar-refractivity contribution in [2.45, 2.75) is 50.4 Å². The van der Waals surface area contributed by atoms with Crippen molar-refractivity contribution in [3.05, 3.63) is 51.9 Å². The predicted octanol–water partition coefficient (Wildman–Crippen LogP) is 5.25. The number of thioether (sulfide) groups is 2. The maximum Gasteiger partial charge on any atom is 0.230 e. The minimum Gasteiger partial charge on any atom is -0.353 e. The lowest BCUT2D eigenvalue weighted by molar-refractivity contribution is -0.119. The van der Waals surface area contributed by atoms with Crippen molar-refractivity contribution in [3.63, 3.8) is 0 Å². The Balaban J connectivity index is 1.39. The first kappa shape index (κ1) is 20.8. The van der Waals surface area contributed by atoms with Gasteiger partial charge in [0.2, 0.25) is 5.91 Å². The fourth-order valence-corrected chi connectivity index (χ4v) is 6.90. The van der Waals surface area contributed by atoms with Crippen LogP contribution in [0, 0.1) is 0 Å². The maximum absolute atomic E-state index is 12.6. The highest BCUT2D eigenvalue weighted by atomic mass is 32.2. The molecule has 2 aliphatic rings. The summed E-state index contributed by atoms with van der Waals surface area (Å²) in [5, 5.41) is 8.85. The number of benzene rings is 1. The Morgan fingerprint density at radius 3 is 2.90 bits per heavy atom. The van der Waals surface area contributed by atoms with E-state index in [1.54, 1.807) is 23.5 Å². The highest BCUT2D eigenvalue weighted by Gasteiger charge is 2.30. The Hall–Kier alpha value is -1.44. The monoisotopic (exact) mass is 445 g/mol. The lowest BCUT2D eigenvalue weighted by atomic mass is 9.95. The summed E-state index contributed by atoms with van der Waals surface area (Å²) >= 11 is 5.17. The van der Waals surface area contributed by atoms with E-state index in [0.29, 0.717) is 5.75 Å². The van der Waals surface area contributed by atoms with Gasteiger partial charge in [-0.15, -0.1) is 23.1 Å². The summed E-state index contributed by atoms with van der Waals surface area (Å²) in [4.78, 5) is 19.0. The number of amides is 1. The molecule has 2 aromatic rings. The fourth-order valence-electron chi connectivity index (χ4n) is 3.96. The molecule has 0 radical (unpaired) electrons. The average Bonchev–Trinajstić information content (AvgIpc) is 3.11. The molecule has 0 saturated carbocycles. The van der Waals surface area contributed by atoms with Crippen molar-refractivity contribution in [1.29, 1.82) is 0 Å². The fraction of sp³-hybridized carbons (Fsp3) is 0.455. The number of aliphatic imine (C=N–C) groups is 1. The van der Waals surface area contributed by atoms with Crippen LogP contribution in [0.15, 0.2) is 35.3 Å². The number of nitrogens with zero attached hydrogens (tertiary/aromatic N) is 1. The van der Waals surface area contributed by atoms with Crippen molar-refractivity contribution in [3.8, 4) is 0 Å². The zero-order chi connectivity index (χ0) is 20.2. The quantitative estimate of drug-likeness (QED) is 0.638. The first-order chi connectivity index (χ1) is 14.1. The standard InChI is InChI=1S/C22H27N3OS3/c1-14(12-15-8-4-3-5-9-15)23-18(26)13-28-20-19-16-10-6-7-11-17(16)29-21(19)25-22(24-20)27-2/h3-5,8-9,14,20H,6-7,10-13H2,1-2H3,(H,23,26)(H,24,25)/t14-,20+/m0/s1. The molecule has 4 nitrogen and oxygen atoms in total. The smallest absolute Gasteiger partial charge is 0.230 e. The second-order valence-corrected chi connectivity index (χ2v) is 10.5. The molecule has 1 aliphatic carbocycles. The molecule has 29 heavy (non-hydrogen) atoms. The van der Waals surface area contributed by atoms with E-state index in [1.165, 1.54) is 45.8 Å². The molecule has 0 bridgehead atoms. The zero-order valence-electron chi connectivity index (χ0n) is 16.9. The number of anilines is 1. The number of fused-ring (bicyclic) bond motifs is 3. The highest BCUT2D eigenvalue weighted by Crippen LogP contribution is 2.48. The van der Waals surface area contributed by atoms with Gasteiger partial charge in [-0.25, -0.2) is 4.99 Å². The minimum atomic E-state index is 0.0157. The van der Waals surface area contributed by atoms with E-state index in [-0.39, 0.29) is 17.3 Å². The molecule has 0 unspecified atom stereocenters. The van der Waals surface area contributed by atoms with Crippen molar-refractivity contribution >= 4 is 50.9 Å². The van der Waals surface area contributed by atoms with Crippen LogP contribution in [0.4, 0.5) is 5.00 Å². The Kier molecular flexibility index (Phi) is 6.88. The molecule has 2 heterocycles. The number of hydrogen-bond acceptors (Lipinski definition) is 6. The Morgan fingerprint density at radius 1 is 1.31 bits per heavy atom. The Labute approximate surface area is 185 Å². The molecular weight excluding hydrogens is 418 g/mol. The van der Waals surface area contributed by atoms with Gasteiger partial charge in [-0.1, -0.05) is 42.1 Å². The van der Waals surface area contributed by atoms with Gasteiger partial charge >= 0.3 is 0 Å². The summed E-state index contributed by atoms with van der Waals surface area (Å²) in [5.41, 5.74) is 4.07. The molecule has 0 saturated heterocycles. The third-order valence-electron chi connectivity index (χ3n) is 5.27. The molecular formula is C22H27N3OS3. The van der Waals surface area contributed by atoms with Crippen LogP contribution in [-0.2, 0) is 24.1 Å². The number of carbonyl (C=O) groups is 1. The molecule has 1 amide bonds. The van der Waals surface area contributed by atoms with E-state index in [4.69, 9.17) is 4.99 Å². The van der Waals surface area contributed by atoms with E-state index in [0.717, 1.165) is 18.0 Å². The van der Waals surface area contributed by atoms with E-state index in [2.05, 4.69) is 29.7 Å². The Morgan fingerprint density at radius 2 is 2.10 bits per heavy atom. The van der Waals surface area contributed by atoms with Crippen LogP contribution in [0.5, 0.6) is 0 Å². The number of hydrogen-bond donors (Lipinski definition) is 2. The molecule has 1 aromatic carbocycles. The second-order valence-electron chi connectivity index (χ2n) is 7.54. The van der Waals surface area contributed by atoms with Gasteiger partial charge < -0.3 is 10.6 Å². The van der Waals surface area contributed by atoms with Gasteiger partial charge in [0, 0.05) is 16.5 Å². The van der Waals surface area contributed by atoms with Gasteiger partial charge in [0.1, 0.15) is 10.4 Å². The van der Waals surface area contributed by atoms with Crippen molar-refractivity contribution < 1.29 is 4.79 Å². The largest absolute Gasteiger partial charge is 0.353 e. The van der Waals surface area contributed by atoms with Crippen LogP contribution in [0.1, 0.15) is 46.7 Å². The molecule has 0 spiro atoms. The lowest BCUT2D eigenvalue weighted by Gasteiger charge is -2.23. The average molecular weight is 446 g/mol. The first-order valence-corrected chi connectivity index (χ1v) is 13.2. The summed E-state index contributed by atoms with van der Waals surface area (Å²) in [5.74, 6) is 0.516. The topological polar surface area (TPSA) is 53.5 Å². The van der Waals surface area contributed by atoms with Gasteiger partial charge in [0.25, 0.3) is 0 Å². The summed E-state index contributed by atoms with van der Waals surface area (Å²) in [6, 6.07) is 10.4. The van der Waals surface area contributed by atoms with Crippen molar-refractivity contribution in [2.24, 2.45) is 4.99 Å². The second kappa shape index (κ2) is 9.58. The number of rotatable bonds is 6. The van der Waals surface area contributed by atoms with Gasteiger partial charge in [0.15, 0.2) is 5.17 Å². The van der Waals surface area contributed by atoms with Crippen LogP contribution in [0.3, 0.4) is 0 Å². The van der Waals surface area contributed by atoms with Crippen LogP contribution in [-0.4, -0.2) is 29.1 Å². The third kappa shape index (κ3) is 5.01. The normalized spacial score (nSPS) is 18.8.